The zero-order chi connectivity index (χ0) is 22.7. The summed E-state index contributed by atoms with van der Waals surface area (Å²) in [4.78, 5) is 5.12. The molecule has 0 atom stereocenters. The molecule has 8 heteroatoms. The van der Waals surface area contributed by atoms with Crippen LogP contribution in [0, 0.1) is 5.82 Å². The second kappa shape index (κ2) is 9.93. The Hall–Kier alpha value is -1.90. The average Bonchev–Trinajstić information content (AvgIpc) is 3.42. The lowest BCUT2D eigenvalue weighted by Gasteiger charge is -2.18. The standard InChI is InChI=1S/C24H30FN3O2S2/c1-3-4-14-27(2)32(29,30)21-12-13-23-22(16-21)26-24(28(23)20-10-5-6-11-20)31-17-18-8-7-9-19(25)15-18/h7-9,12-13,15-16,20H,3-6,10-11,14,17H2,1-2H3. The van der Waals surface area contributed by atoms with Gasteiger partial charge in [-0.25, -0.2) is 22.1 Å². The van der Waals surface area contributed by atoms with Gasteiger partial charge in [0.05, 0.1) is 15.9 Å². The van der Waals surface area contributed by atoms with Crippen molar-refractivity contribution in [3.8, 4) is 0 Å². The molecule has 0 spiro atoms. The highest BCUT2D eigenvalue weighted by Crippen LogP contribution is 2.38. The normalized spacial score (nSPS) is 15.2. The highest BCUT2D eigenvalue weighted by Gasteiger charge is 2.25. The van der Waals surface area contributed by atoms with Crippen molar-refractivity contribution in [2.24, 2.45) is 0 Å². The Bertz CT molecular complexity index is 1190. The van der Waals surface area contributed by atoms with Crippen LogP contribution in [0.25, 0.3) is 11.0 Å². The summed E-state index contributed by atoms with van der Waals surface area (Å²) in [7, 11) is -1.92. The Morgan fingerprint density at radius 3 is 2.69 bits per heavy atom. The highest BCUT2D eigenvalue weighted by molar-refractivity contribution is 7.98. The van der Waals surface area contributed by atoms with Crippen molar-refractivity contribution in [2.75, 3.05) is 13.6 Å². The first-order valence-corrected chi connectivity index (χ1v) is 13.7. The van der Waals surface area contributed by atoms with Gasteiger partial charge in [0.2, 0.25) is 10.0 Å². The van der Waals surface area contributed by atoms with Gasteiger partial charge in [0.15, 0.2) is 5.16 Å². The molecule has 4 rings (SSSR count). The van der Waals surface area contributed by atoms with Gasteiger partial charge in [0.25, 0.3) is 0 Å². The molecule has 0 bridgehead atoms. The van der Waals surface area contributed by atoms with Gasteiger partial charge in [-0.1, -0.05) is 50.1 Å². The molecule has 32 heavy (non-hydrogen) atoms. The van der Waals surface area contributed by atoms with Crippen LogP contribution in [-0.4, -0.2) is 35.9 Å². The van der Waals surface area contributed by atoms with Gasteiger partial charge in [-0.2, -0.15) is 0 Å². The fraction of sp³-hybridized carbons (Fsp3) is 0.458. The zero-order valence-electron chi connectivity index (χ0n) is 18.6. The molecule has 1 fully saturated rings. The summed E-state index contributed by atoms with van der Waals surface area (Å²) in [6.07, 6.45) is 6.34. The van der Waals surface area contributed by atoms with Gasteiger partial charge in [0, 0.05) is 25.4 Å². The maximum atomic E-state index is 13.6. The van der Waals surface area contributed by atoms with E-state index in [4.69, 9.17) is 4.98 Å². The number of unbranched alkanes of at least 4 members (excludes halogenated alkanes) is 1. The maximum absolute atomic E-state index is 13.6. The lowest BCUT2D eigenvalue weighted by molar-refractivity contribution is 0.459. The lowest BCUT2D eigenvalue weighted by atomic mass is 10.2. The van der Waals surface area contributed by atoms with E-state index < -0.39 is 10.0 Å². The van der Waals surface area contributed by atoms with Gasteiger partial charge in [-0.15, -0.1) is 0 Å². The number of nitrogens with zero attached hydrogens (tertiary/aromatic N) is 3. The molecule has 5 nitrogen and oxygen atoms in total. The van der Waals surface area contributed by atoms with Crippen molar-refractivity contribution in [2.45, 2.75) is 67.3 Å². The quantitative estimate of drug-likeness (QED) is 0.356. The van der Waals surface area contributed by atoms with Crippen molar-refractivity contribution < 1.29 is 12.8 Å². The van der Waals surface area contributed by atoms with Crippen LogP contribution in [0.3, 0.4) is 0 Å². The molecule has 0 saturated heterocycles. The van der Waals surface area contributed by atoms with Crippen LogP contribution < -0.4 is 0 Å². The molecule has 0 radical (unpaired) electrons. The largest absolute Gasteiger partial charge is 0.316 e. The molecule has 1 aliphatic carbocycles. The third-order valence-electron chi connectivity index (χ3n) is 6.11. The molecular formula is C24H30FN3O2S2. The van der Waals surface area contributed by atoms with E-state index in [2.05, 4.69) is 4.57 Å². The van der Waals surface area contributed by atoms with Crippen LogP contribution in [0.1, 0.15) is 57.1 Å². The van der Waals surface area contributed by atoms with Gasteiger partial charge in [0.1, 0.15) is 5.82 Å². The topological polar surface area (TPSA) is 55.2 Å². The molecular weight excluding hydrogens is 445 g/mol. The first-order valence-electron chi connectivity index (χ1n) is 11.3. The molecule has 0 aliphatic heterocycles. The molecule has 1 heterocycles. The monoisotopic (exact) mass is 475 g/mol. The predicted molar refractivity (Wildman–Crippen MR) is 128 cm³/mol. The number of benzene rings is 2. The number of thioether (sulfide) groups is 1. The number of hydrogen-bond donors (Lipinski definition) is 0. The van der Waals surface area contributed by atoms with E-state index in [1.54, 1.807) is 43.1 Å². The van der Waals surface area contributed by atoms with E-state index in [9.17, 15) is 12.8 Å². The van der Waals surface area contributed by atoms with Crippen LogP contribution >= 0.6 is 11.8 Å². The molecule has 3 aromatic rings. The second-order valence-electron chi connectivity index (χ2n) is 8.45. The minimum absolute atomic E-state index is 0.241. The summed E-state index contributed by atoms with van der Waals surface area (Å²) in [5.74, 6) is 0.369. The van der Waals surface area contributed by atoms with Crippen LogP contribution in [-0.2, 0) is 15.8 Å². The SMILES string of the molecule is CCCCN(C)S(=O)(=O)c1ccc2c(c1)nc(SCc1cccc(F)c1)n2C1CCCC1. The fourth-order valence-corrected chi connectivity index (χ4v) is 6.54. The number of hydrogen-bond acceptors (Lipinski definition) is 4. The minimum atomic E-state index is -3.55. The fourth-order valence-electron chi connectivity index (χ4n) is 4.29. The van der Waals surface area contributed by atoms with E-state index in [-0.39, 0.29) is 10.7 Å². The van der Waals surface area contributed by atoms with E-state index in [0.29, 0.717) is 23.9 Å². The summed E-state index contributed by atoms with van der Waals surface area (Å²) < 4.78 is 43.3. The third-order valence-corrected chi connectivity index (χ3v) is 8.99. The third kappa shape index (κ3) is 4.87. The van der Waals surface area contributed by atoms with Gasteiger partial charge >= 0.3 is 0 Å². The smallest absolute Gasteiger partial charge is 0.242 e. The van der Waals surface area contributed by atoms with Gasteiger partial charge in [-0.05, 0) is 55.2 Å². The summed E-state index contributed by atoms with van der Waals surface area (Å²) in [6, 6.07) is 12.3. The summed E-state index contributed by atoms with van der Waals surface area (Å²) in [5, 5.41) is 0.866. The molecule has 1 aliphatic rings. The number of imidazole rings is 1. The zero-order valence-corrected chi connectivity index (χ0v) is 20.3. The second-order valence-corrected chi connectivity index (χ2v) is 11.4. The van der Waals surface area contributed by atoms with E-state index in [1.165, 1.54) is 23.2 Å². The van der Waals surface area contributed by atoms with Crippen LogP contribution in [0.5, 0.6) is 0 Å². The molecule has 0 unspecified atom stereocenters. The van der Waals surface area contributed by atoms with Crippen molar-refractivity contribution in [1.82, 2.24) is 13.9 Å². The van der Waals surface area contributed by atoms with Crippen LogP contribution in [0.2, 0.25) is 0 Å². The summed E-state index contributed by atoms with van der Waals surface area (Å²) in [6.45, 7) is 2.55. The van der Waals surface area contributed by atoms with E-state index in [0.717, 1.165) is 41.9 Å². The van der Waals surface area contributed by atoms with Crippen molar-refractivity contribution in [3.63, 3.8) is 0 Å². The number of rotatable bonds is 9. The Morgan fingerprint density at radius 1 is 1.19 bits per heavy atom. The number of fused-ring (bicyclic) bond motifs is 1. The Balaban J connectivity index is 1.68. The van der Waals surface area contributed by atoms with Crippen molar-refractivity contribution >= 4 is 32.8 Å². The first kappa shape index (κ1) is 23.3. The Morgan fingerprint density at radius 2 is 1.97 bits per heavy atom. The van der Waals surface area contributed by atoms with Crippen molar-refractivity contribution in [3.05, 3.63) is 53.8 Å². The minimum Gasteiger partial charge on any atom is -0.316 e. The first-order chi connectivity index (χ1) is 15.4. The average molecular weight is 476 g/mol. The van der Waals surface area contributed by atoms with Crippen LogP contribution in [0.4, 0.5) is 4.39 Å². The maximum Gasteiger partial charge on any atom is 0.242 e. The van der Waals surface area contributed by atoms with E-state index in [1.807, 2.05) is 19.1 Å². The summed E-state index contributed by atoms with van der Waals surface area (Å²) in [5.41, 5.74) is 2.57. The van der Waals surface area contributed by atoms with Gasteiger partial charge in [-0.3, -0.25) is 0 Å². The molecule has 1 saturated carbocycles. The van der Waals surface area contributed by atoms with E-state index >= 15 is 0 Å². The molecule has 2 aromatic carbocycles. The number of aromatic nitrogens is 2. The molecule has 1 aromatic heterocycles. The molecule has 0 amide bonds. The van der Waals surface area contributed by atoms with Crippen molar-refractivity contribution in [1.29, 1.82) is 0 Å². The molecule has 0 N–H and O–H groups in total. The lowest BCUT2D eigenvalue weighted by Crippen LogP contribution is -2.27. The predicted octanol–water partition coefficient (Wildman–Crippen LogP) is 6.00. The summed E-state index contributed by atoms with van der Waals surface area (Å²) >= 11 is 1.58. The van der Waals surface area contributed by atoms with Gasteiger partial charge < -0.3 is 4.57 Å². The Labute approximate surface area is 194 Å². The number of halogens is 1. The molecule has 172 valence electrons. The Kier molecular flexibility index (Phi) is 7.22. The van der Waals surface area contributed by atoms with Crippen LogP contribution in [0.15, 0.2) is 52.5 Å². The highest BCUT2D eigenvalue weighted by atomic mass is 32.2. The number of sulfonamides is 1.